The monoisotopic (exact) mass is 1050 g/mol. The predicted octanol–water partition coefficient (Wildman–Crippen LogP) is 23.0. The number of hydrogen-bond donors (Lipinski definition) is 0. The third-order valence-electron chi connectivity index (χ3n) is 15.5. The first-order valence-electron chi connectivity index (χ1n) is 33.8. The molecule has 1 atom stereocenters. The van der Waals surface area contributed by atoms with Crippen LogP contribution in [-0.2, 0) is 28.6 Å². The van der Waals surface area contributed by atoms with Gasteiger partial charge < -0.3 is 14.2 Å². The minimum atomic E-state index is -0.768. The van der Waals surface area contributed by atoms with Crippen molar-refractivity contribution in [3.05, 3.63) is 24.3 Å². The van der Waals surface area contributed by atoms with E-state index in [1.54, 1.807) is 0 Å². The van der Waals surface area contributed by atoms with Gasteiger partial charge in [0.25, 0.3) is 0 Å². The third kappa shape index (κ3) is 62.6. The number of allylic oxidation sites excluding steroid dienone is 4. The van der Waals surface area contributed by atoms with Gasteiger partial charge in [-0.3, -0.25) is 14.4 Å². The van der Waals surface area contributed by atoms with Gasteiger partial charge in [0.15, 0.2) is 6.10 Å². The van der Waals surface area contributed by atoms with E-state index in [9.17, 15) is 14.4 Å². The van der Waals surface area contributed by atoms with Gasteiger partial charge in [-0.15, -0.1) is 0 Å². The van der Waals surface area contributed by atoms with Crippen molar-refractivity contribution in [2.24, 2.45) is 0 Å². The van der Waals surface area contributed by atoms with E-state index in [1.165, 1.54) is 276 Å². The normalized spacial score (nSPS) is 12.1. The van der Waals surface area contributed by atoms with E-state index in [1.807, 2.05) is 0 Å². The van der Waals surface area contributed by atoms with Gasteiger partial charge in [-0.05, 0) is 51.4 Å². The Labute approximate surface area is 468 Å². The van der Waals surface area contributed by atoms with E-state index in [4.69, 9.17) is 14.2 Å². The molecule has 0 aromatic rings. The molecule has 0 aromatic heterocycles. The van der Waals surface area contributed by atoms with Crippen LogP contribution in [0.2, 0.25) is 0 Å². The zero-order valence-electron chi connectivity index (χ0n) is 50.8. The summed E-state index contributed by atoms with van der Waals surface area (Å²) >= 11 is 0. The summed E-state index contributed by atoms with van der Waals surface area (Å²) < 4.78 is 16.9. The lowest BCUT2D eigenvalue weighted by Gasteiger charge is -2.18. The Kier molecular flexibility index (Phi) is 62.6. The van der Waals surface area contributed by atoms with Crippen molar-refractivity contribution in [3.8, 4) is 0 Å². The first kappa shape index (κ1) is 72.9. The van der Waals surface area contributed by atoms with E-state index < -0.39 is 6.10 Å². The fraction of sp³-hybridized carbons (Fsp3) is 0.899. The summed E-state index contributed by atoms with van der Waals surface area (Å²) in [6, 6.07) is 0. The van der Waals surface area contributed by atoms with Gasteiger partial charge in [0.05, 0.1) is 0 Å². The summed E-state index contributed by atoms with van der Waals surface area (Å²) in [6.45, 7) is 6.63. The first-order valence-corrected chi connectivity index (χ1v) is 33.8. The molecule has 0 radical (unpaired) electrons. The second-order valence-electron chi connectivity index (χ2n) is 23.1. The standard InChI is InChI=1S/C69H130O6/c1-4-7-10-13-16-18-20-22-24-26-28-29-30-31-32-33-34-35-36-37-38-39-41-42-44-46-48-50-53-56-59-62-68(71)74-65-66(64-73-67(70)61-58-55-52-15-12-9-6-3)75-69(72)63-60-57-54-51-49-47-45-43-40-27-25-23-21-19-17-14-11-8-5-2/h17,19,23,25,66H,4-16,18,20-22,24,26-65H2,1-3H3/b19-17-,25-23-. The van der Waals surface area contributed by atoms with Crippen LogP contribution in [0.15, 0.2) is 24.3 Å². The maximum Gasteiger partial charge on any atom is 0.306 e. The fourth-order valence-corrected chi connectivity index (χ4v) is 10.4. The Bertz CT molecular complexity index is 1210. The van der Waals surface area contributed by atoms with Gasteiger partial charge in [0.1, 0.15) is 13.2 Å². The fourth-order valence-electron chi connectivity index (χ4n) is 10.4. The first-order chi connectivity index (χ1) is 37.0. The highest BCUT2D eigenvalue weighted by Crippen LogP contribution is 2.19. The van der Waals surface area contributed by atoms with Crippen molar-refractivity contribution in [1.29, 1.82) is 0 Å². The number of esters is 3. The summed E-state index contributed by atoms with van der Waals surface area (Å²) in [5.41, 5.74) is 0. The maximum absolute atomic E-state index is 12.9. The molecule has 442 valence electrons. The molecule has 75 heavy (non-hydrogen) atoms. The minimum Gasteiger partial charge on any atom is -0.462 e. The quantitative estimate of drug-likeness (QED) is 0.0261. The van der Waals surface area contributed by atoms with Gasteiger partial charge >= 0.3 is 17.9 Å². The molecule has 0 heterocycles. The number of carbonyl (C=O) groups excluding carboxylic acids is 3. The average molecular weight is 1060 g/mol. The van der Waals surface area contributed by atoms with Crippen LogP contribution in [0.25, 0.3) is 0 Å². The number of carbonyl (C=O) groups is 3. The van der Waals surface area contributed by atoms with Crippen molar-refractivity contribution in [2.75, 3.05) is 13.2 Å². The highest BCUT2D eigenvalue weighted by Gasteiger charge is 2.19. The molecule has 0 saturated heterocycles. The summed E-state index contributed by atoms with van der Waals surface area (Å²) in [4.78, 5) is 38.1. The van der Waals surface area contributed by atoms with Crippen LogP contribution in [0.4, 0.5) is 0 Å². The van der Waals surface area contributed by atoms with Gasteiger partial charge in [-0.1, -0.05) is 334 Å². The lowest BCUT2D eigenvalue weighted by atomic mass is 10.0. The van der Waals surface area contributed by atoms with Gasteiger partial charge in [-0.2, -0.15) is 0 Å². The average Bonchev–Trinajstić information content (AvgIpc) is 3.41. The second kappa shape index (κ2) is 64.4. The van der Waals surface area contributed by atoms with Crippen molar-refractivity contribution in [3.63, 3.8) is 0 Å². The Morgan fingerprint density at radius 2 is 0.480 bits per heavy atom. The molecule has 0 aliphatic carbocycles. The van der Waals surface area contributed by atoms with Crippen molar-refractivity contribution in [1.82, 2.24) is 0 Å². The largest absolute Gasteiger partial charge is 0.462 e. The molecule has 0 N–H and O–H groups in total. The molecule has 6 heteroatoms. The molecule has 0 aliphatic rings. The predicted molar refractivity (Wildman–Crippen MR) is 326 cm³/mol. The highest BCUT2D eigenvalue weighted by molar-refractivity contribution is 5.71. The number of rotatable bonds is 63. The van der Waals surface area contributed by atoms with Gasteiger partial charge in [-0.25, -0.2) is 0 Å². The Balaban J connectivity index is 3.98. The molecular formula is C69H130O6. The summed E-state index contributed by atoms with van der Waals surface area (Å²) in [5.74, 6) is -0.855. The molecule has 0 bridgehead atoms. The van der Waals surface area contributed by atoms with Crippen molar-refractivity contribution < 1.29 is 28.6 Å². The number of unbranched alkanes of at least 4 members (excludes halogenated alkanes) is 48. The van der Waals surface area contributed by atoms with Crippen LogP contribution in [0, 0.1) is 0 Å². The molecule has 6 nitrogen and oxygen atoms in total. The van der Waals surface area contributed by atoms with Gasteiger partial charge in [0.2, 0.25) is 0 Å². The molecular weight excluding hydrogens is 925 g/mol. The molecule has 0 spiro atoms. The smallest absolute Gasteiger partial charge is 0.306 e. The Morgan fingerprint density at radius 3 is 0.760 bits per heavy atom. The van der Waals surface area contributed by atoms with Crippen LogP contribution in [0.3, 0.4) is 0 Å². The molecule has 0 aromatic carbocycles. The lowest BCUT2D eigenvalue weighted by molar-refractivity contribution is -0.167. The molecule has 0 amide bonds. The molecule has 0 rings (SSSR count). The van der Waals surface area contributed by atoms with E-state index in [2.05, 4.69) is 45.1 Å². The second-order valence-corrected chi connectivity index (χ2v) is 23.1. The van der Waals surface area contributed by atoms with Crippen molar-refractivity contribution >= 4 is 17.9 Å². The van der Waals surface area contributed by atoms with Crippen LogP contribution in [0.5, 0.6) is 0 Å². The number of ether oxygens (including phenoxy) is 3. The number of hydrogen-bond acceptors (Lipinski definition) is 6. The van der Waals surface area contributed by atoms with E-state index in [-0.39, 0.29) is 31.1 Å². The molecule has 1 unspecified atom stereocenters. The van der Waals surface area contributed by atoms with Crippen LogP contribution >= 0.6 is 0 Å². The Morgan fingerprint density at radius 1 is 0.267 bits per heavy atom. The third-order valence-corrected chi connectivity index (χ3v) is 15.5. The Hall–Kier alpha value is -2.11. The minimum absolute atomic E-state index is 0.0677. The van der Waals surface area contributed by atoms with E-state index in [0.29, 0.717) is 19.3 Å². The molecule has 0 fully saturated rings. The van der Waals surface area contributed by atoms with Crippen LogP contribution in [0.1, 0.15) is 380 Å². The zero-order chi connectivity index (χ0) is 54.3. The van der Waals surface area contributed by atoms with Crippen LogP contribution < -0.4 is 0 Å². The molecule has 0 aliphatic heterocycles. The summed E-state index contributed by atoms with van der Waals surface area (Å²) in [7, 11) is 0. The van der Waals surface area contributed by atoms with E-state index >= 15 is 0 Å². The summed E-state index contributed by atoms with van der Waals surface area (Å²) in [5, 5.41) is 0. The van der Waals surface area contributed by atoms with E-state index in [0.717, 1.165) is 64.2 Å². The molecule has 0 saturated carbocycles. The lowest BCUT2D eigenvalue weighted by Crippen LogP contribution is -2.30. The van der Waals surface area contributed by atoms with Gasteiger partial charge in [0, 0.05) is 19.3 Å². The van der Waals surface area contributed by atoms with Crippen LogP contribution in [-0.4, -0.2) is 37.2 Å². The summed E-state index contributed by atoms with van der Waals surface area (Å²) in [6.07, 6.45) is 78.1. The highest BCUT2D eigenvalue weighted by atomic mass is 16.6. The SMILES string of the molecule is CCCCC/C=C\C/C=C\CCCCCCCCCCCC(=O)OC(COC(=O)CCCCCCCCC)COC(=O)CCCCCCCCCCCCCCCCCCCCCCCCCCCCCCCCC. The van der Waals surface area contributed by atoms with Crippen molar-refractivity contribution in [2.45, 2.75) is 386 Å². The maximum atomic E-state index is 12.9. The zero-order valence-corrected chi connectivity index (χ0v) is 50.8. The topological polar surface area (TPSA) is 78.9 Å².